The normalized spacial score (nSPS) is 28.7. The first-order valence-electron chi connectivity index (χ1n) is 13.2. The van der Waals surface area contributed by atoms with Crippen molar-refractivity contribution in [1.29, 1.82) is 0 Å². The summed E-state index contributed by atoms with van der Waals surface area (Å²) in [5.74, 6) is 0.355. The third kappa shape index (κ3) is 7.03. The second-order valence-corrected chi connectivity index (χ2v) is 13.5. The Morgan fingerprint density at radius 3 is 2.06 bits per heavy atom. The Morgan fingerprint density at radius 2 is 1.62 bits per heavy atom. The Balaban J connectivity index is 3.45. The van der Waals surface area contributed by atoms with Gasteiger partial charge in [-0.2, -0.15) is 0 Å². The van der Waals surface area contributed by atoms with E-state index in [1.807, 2.05) is 20.8 Å². The van der Waals surface area contributed by atoms with Crippen LogP contribution in [0.5, 0.6) is 0 Å². The van der Waals surface area contributed by atoms with Crippen LogP contribution in [-0.4, -0.2) is 53.2 Å². The summed E-state index contributed by atoms with van der Waals surface area (Å²) in [7, 11) is 1.54. The van der Waals surface area contributed by atoms with Gasteiger partial charge in [-0.1, -0.05) is 48.5 Å². The minimum atomic E-state index is -0.748. The van der Waals surface area contributed by atoms with Crippen LogP contribution >= 0.6 is 0 Å². The SMILES string of the molecule is CCC(C)(N[B]C(=O)C(C)(CC)N1CC(C)CC(C)(C)CC(C=O)C(C)(C)CC1(C)C)C(C)=O. The molecule has 0 aromatic rings. The van der Waals surface area contributed by atoms with E-state index in [1.165, 1.54) is 7.41 Å². The third-order valence-electron chi connectivity index (χ3n) is 8.78. The lowest BCUT2D eigenvalue weighted by atomic mass is 9.62. The maximum absolute atomic E-state index is 13.8. The number of aldehydes is 1. The zero-order valence-electron chi connectivity index (χ0n) is 24.2. The van der Waals surface area contributed by atoms with Crippen LogP contribution < -0.4 is 5.23 Å². The van der Waals surface area contributed by atoms with Crippen molar-refractivity contribution in [3.05, 3.63) is 0 Å². The Labute approximate surface area is 210 Å². The summed E-state index contributed by atoms with van der Waals surface area (Å²) in [5, 5.41) is 3.16. The summed E-state index contributed by atoms with van der Waals surface area (Å²) in [5.41, 5.74) is -1.94. The van der Waals surface area contributed by atoms with E-state index in [9.17, 15) is 14.4 Å². The average Bonchev–Trinajstić information content (AvgIpc) is 2.71. The Kier molecular flexibility index (Phi) is 9.99. The molecule has 1 heterocycles. The van der Waals surface area contributed by atoms with Gasteiger partial charge in [0.25, 0.3) is 7.41 Å². The lowest BCUT2D eigenvalue weighted by molar-refractivity contribution is -0.132. The second-order valence-electron chi connectivity index (χ2n) is 13.5. The fraction of sp³-hybridized carbons (Fsp3) is 0.893. The van der Waals surface area contributed by atoms with E-state index >= 15 is 0 Å². The molecule has 0 saturated carbocycles. The Morgan fingerprint density at radius 1 is 1.06 bits per heavy atom. The smallest absolute Gasteiger partial charge is 0.298 e. The largest absolute Gasteiger partial charge is 0.342 e. The van der Waals surface area contributed by atoms with Gasteiger partial charge in [0.05, 0.1) is 11.1 Å². The van der Waals surface area contributed by atoms with E-state index in [2.05, 4.69) is 65.5 Å². The average molecular weight is 476 g/mol. The molecule has 0 aliphatic carbocycles. The van der Waals surface area contributed by atoms with Crippen molar-refractivity contribution in [3.63, 3.8) is 0 Å². The van der Waals surface area contributed by atoms with E-state index < -0.39 is 11.1 Å². The molecular formula is C28H52BN2O3. The fourth-order valence-electron chi connectivity index (χ4n) is 6.30. The molecule has 0 aromatic carbocycles. The van der Waals surface area contributed by atoms with Crippen LogP contribution in [0.15, 0.2) is 0 Å². The molecule has 1 N–H and O–H groups in total. The number of hydrogen-bond acceptors (Lipinski definition) is 5. The maximum atomic E-state index is 13.8. The number of rotatable bonds is 9. The monoisotopic (exact) mass is 475 g/mol. The predicted octanol–water partition coefficient (Wildman–Crippen LogP) is 5.42. The van der Waals surface area contributed by atoms with Crippen LogP contribution in [-0.2, 0) is 14.4 Å². The highest BCUT2D eigenvalue weighted by atomic mass is 16.1. The van der Waals surface area contributed by atoms with Crippen molar-refractivity contribution in [3.8, 4) is 0 Å². The molecule has 0 aromatic heterocycles. The van der Waals surface area contributed by atoms with Gasteiger partial charge in [-0.05, 0) is 83.5 Å². The van der Waals surface area contributed by atoms with Crippen molar-refractivity contribution in [1.82, 2.24) is 10.1 Å². The highest BCUT2D eigenvalue weighted by Crippen LogP contribution is 2.47. The highest BCUT2D eigenvalue weighted by molar-refractivity contribution is 6.74. The summed E-state index contributed by atoms with van der Waals surface area (Å²) in [6.45, 7) is 25.9. The highest BCUT2D eigenvalue weighted by Gasteiger charge is 2.49. The fourth-order valence-corrected chi connectivity index (χ4v) is 6.30. The van der Waals surface area contributed by atoms with Crippen LogP contribution in [0.1, 0.15) is 115 Å². The number of Topliss-reactive ketones (excluding diaryl/α,β-unsaturated/α-hetero) is 1. The number of carbonyl (C=O) groups excluding carboxylic acids is 3. The molecule has 0 bridgehead atoms. The number of carbonyl (C=O) groups is 3. The van der Waals surface area contributed by atoms with Crippen molar-refractivity contribution in [2.75, 3.05) is 6.54 Å². The molecule has 34 heavy (non-hydrogen) atoms. The number of nitrogens with one attached hydrogen (secondary N) is 1. The van der Waals surface area contributed by atoms with Crippen LogP contribution in [0.3, 0.4) is 0 Å². The zero-order chi connectivity index (χ0) is 26.8. The van der Waals surface area contributed by atoms with Crippen LogP contribution in [0.2, 0.25) is 0 Å². The van der Waals surface area contributed by atoms with Gasteiger partial charge >= 0.3 is 0 Å². The first kappa shape index (κ1) is 31.0. The lowest BCUT2D eigenvalue weighted by Crippen LogP contribution is -2.66. The quantitative estimate of drug-likeness (QED) is 0.357. The zero-order valence-corrected chi connectivity index (χ0v) is 24.2. The Bertz CT molecular complexity index is 748. The van der Waals surface area contributed by atoms with Gasteiger partial charge in [0, 0.05) is 18.0 Å². The molecular weight excluding hydrogens is 423 g/mol. The molecule has 6 heteroatoms. The molecule has 1 rings (SSSR count). The minimum absolute atomic E-state index is 0.00253. The molecule has 195 valence electrons. The van der Waals surface area contributed by atoms with E-state index in [0.717, 1.165) is 32.1 Å². The van der Waals surface area contributed by atoms with E-state index in [-0.39, 0.29) is 33.8 Å². The molecule has 1 saturated heterocycles. The van der Waals surface area contributed by atoms with Gasteiger partial charge in [-0.3, -0.25) is 9.69 Å². The van der Waals surface area contributed by atoms with Gasteiger partial charge in [-0.15, -0.1) is 0 Å². The minimum Gasteiger partial charge on any atom is -0.342 e. The molecule has 1 aliphatic heterocycles. The second kappa shape index (κ2) is 10.9. The van der Waals surface area contributed by atoms with Crippen molar-refractivity contribution in [2.24, 2.45) is 22.7 Å². The molecule has 1 fully saturated rings. The topological polar surface area (TPSA) is 66.5 Å². The summed E-state index contributed by atoms with van der Waals surface area (Å²) in [6, 6.07) is 0. The van der Waals surface area contributed by atoms with Crippen LogP contribution in [0.4, 0.5) is 0 Å². The van der Waals surface area contributed by atoms with Crippen LogP contribution in [0, 0.1) is 22.7 Å². The van der Waals surface area contributed by atoms with Gasteiger partial charge < -0.3 is 14.8 Å². The first-order valence-corrected chi connectivity index (χ1v) is 13.2. The van der Waals surface area contributed by atoms with Crippen molar-refractivity contribution in [2.45, 2.75) is 132 Å². The van der Waals surface area contributed by atoms with Crippen molar-refractivity contribution < 1.29 is 14.4 Å². The first-order chi connectivity index (χ1) is 15.3. The molecule has 0 amide bonds. The third-order valence-corrected chi connectivity index (χ3v) is 8.78. The molecule has 0 spiro atoms. The Hall–Kier alpha value is -1.01. The van der Waals surface area contributed by atoms with E-state index in [0.29, 0.717) is 18.8 Å². The lowest BCUT2D eigenvalue weighted by Gasteiger charge is -2.55. The predicted molar refractivity (Wildman–Crippen MR) is 143 cm³/mol. The van der Waals surface area contributed by atoms with Gasteiger partial charge in [0.15, 0.2) is 0 Å². The van der Waals surface area contributed by atoms with Crippen molar-refractivity contribution >= 4 is 25.2 Å². The molecule has 4 atom stereocenters. The molecule has 1 aliphatic rings. The standard InChI is InChI=1S/C28H52BN2O3/c1-13-27(11,21(4)33)30-29-23(34)28(12,14-2)31-17-20(3)15-24(5,6)16-22(18-32)25(7,8)19-26(31,9)10/h18,20,22,30H,13-17,19H2,1-12H3. The molecule has 1 radical (unpaired) electrons. The number of ketones is 1. The summed E-state index contributed by atoms with van der Waals surface area (Å²) < 4.78 is 0. The van der Waals surface area contributed by atoms with E-state index in [1.54, 1.807) is 6.92 Å². The molecule has 5 nitrogen and oxygen atoms in total. The number of hydrogen-bond donors (Lipinski definition) is 1. The molecule has 4 unspecified atom stereocenters. The van der Waals surface area contributed by atoms with Gasteiger partial charge in [0.1, 0.15) is 17.8 Å². The van der Waals surface area contributed by atoms with E-state index in [4.69, 9.17) is 0 Å². The van der Waals surface area contributed by atoms with Gasteiger partial charge in [0.2, 0.25) is 0 Å². The summed E-state index contributed by atoms with van der Waals surface area (Å²) in [6.07, 6.45) is 5.11. The summed E-state index contributed by atoms with van der Waals surface area (Å²) >= 11 is 0. The van der Waals surface area contributed by atoms with Crippen LogP contribution in [0.25, 0.3) is 0 Å². The maximum Gasteiger partial charge on any atom is 0.298 e. The van der Waals surface area contributed by atoms with Gasteiger partial charge in [-0.25, -0.2) is 0 Å². The summed E-state index contributed by atoms with van der Waals surface area (Å²) in [4.78, 5) is 40.6. The number of nitrogens with zero attached hydrogens (tertiary/aromatic N) is 1.